The summed E-state index contributed by atoms with van der Waals surface area (Å²) < 4.78 is 42.0. The van der Waals surface area contributed by atoms with Gasteiger partial charge in [-0.05, 0) is 38.3 Å². The number of fused-ring (bicyclic) bond motifs is 1. The summed E-state index contributed by atoms with van der Waals surface area (Å²) >= 11 is 0. The molecule has 1 amide bonds. The second kappa shape index (κ2) is 8.22. The zero-order valence-corrected chi connectivity index (χ0v) is 17.7. The lowest BCUT2D eigenvalue weighted by Crippen LogP contribution is -2.43. The summed E-state index contributed by atoms with van der Waals surface area (Å²) in [5.74, 6) is -0.981. The van der Waals surface area contributed by atoms with Crippen LogP contribution in [-0.4, -0.2) is 36.4 Å². The van der Waals surface area contributed by atoms with E-state index in [1.54, 1.807) is 22.8 Å². The number of sulfone groups is 1. The molecule has 5 nitrogen and oxygen atoms in total. The number of benzene rings is 2. The SMILES string of the molecule is CC1CCCCN1C(=O)Cn1cc(S(=O)(=O)Cc2ccccc2F)c2ccccc21. The quantitative estimate of drug-likeness (QED) is 0.613. The number of hydrogen-bond acceptors (Lipinski definition) is 3. The Balaban J connectivity index is 1.68. The van der Waals surface area contributed by atoms with E-state index >= 15 is 0 Å². The monoisotopic (exact) mass is 428 g/mol. The molecule has 0 aliphatic carbocycles. The molecular weight excluding hydrogens is 403 g/mol. The normalized spacial score (nSPS) is 17.4. The van der Waals surface area contributed by atoms with Gasteiger partial charge < -0.3 is 9.47 Å². The topological polar surface area (TPSA) is 59.4 Å². The van der Waals surface area contributed by atoms with Crippen molar-refractivity contribution in [2.24, 2.45) is 0 Å². The van der Waals surface area contributed by atoms with Gasteiger partial charge in [0.1, 0.15) is 12.4 Å². The van der Waals surface area contributed by atoms with Crippen molar-refractivity contribution < 1.29 is 17.6 Å². The van der Waals surface area contributed by atoms with Gasteiger partial charge in [-0.25, -0.2) is 12.8 Å². The molecule has 4 rings (SSSR count). The Morgan fingerprint density at radius 1 is 1.10 bits per heavy atom. The van der Waals surface area contributed by atoms with Gasteiger partial charge in [0.2, 0.25) is 5.91 Å². The van der Waals surface area contributed by atoms with Crippen LogP contribution in [-0.2, 0) is 26.9 Å². The van der Waals surface area contributed by atoms with E-state index in [-0.39, 0.29) is 29.0 Å². The number of halogens is 1. The molecule has 1 aliphatic heterocycles. The largest absolute Gasteiger partial charge is 0.338 e. The summed E-state index contributed by atoms with van der Waals surface area (Å²) in [5, 5.41) is 0.549. The Bertz CT molecular complexity index is 1190. The van der Waals surface area contributed by atoms with Crippen LogP contribution < -0.4 is 0 Å². The Morgan fingerprint density at radius 3 is 2.60 bits per heavy atom. The van der Waals surface area contributed by atoms with Crippen molar-refractivity contribution >= 4 is 26.6 Å². The molecule has 0 spiro atoms. The van der Waals surface area contributed by atoms with Crippen LogP contribution >= 0.6 is 0 Å². The average Bonchev–Trinajstić information content (AvgIpc) is 3.09. The van der Waals surface area contributed by atoms with E-state index in [2.05, 4.69) is 6.92 Å². The van der Waals surface area contributed by atoms with Crippen LogP contribution in [0.1, 0.15) is 31.7 Å². The van der Waals surface area contributed by atoms with Crippen LogP contribution in [0.2, 0.25) is 0 Å². The zero-order valence-electron chi connectivity index (χ0n) is 16.9. The molecule has 1 aromatic heterocycles. The first-order chi connectivity index (χ1) is 14.4. The maximum atomic E-state index is 14.0. The van der Waals surface area contributed by atoms with Gasteiger partial charge in [-0.3, -0.25) is 4.79 Å². The summed E-state index contributed by atoms with van der Waals surface area (Å²) in [4.78, 5) is 14.9. The third kappa shape index (κ3) is 3.99. The molecule has 2 heterocycles. The molecule has 30 heavy (non-hydrogen) atoms. The second-order valence-electron chi connectivity index (χ2n) is 7.92. The van der Waals surface area contributed by atoms with E-state index in [9.17, 15) is 17.6 Å². The predicted molar refractivity (Wildman–Crippen MR) is 114 cm³/mol. The first kappa shape index (κ1) is 20.6. The van der Waals surface area contributed by atoms with Crippen molar-refractivity contribution in [1.82, 2.24) is 9.47 Å². The summed E-state index contributed by atoms with van der Waals surface area (Å²) in [5.41, 5.74) is 0.815. The smallest absolute Gasteiger partial charge is 0.242 e. The maximum absolute atomic E-state index is 14.0. The molecule has 158 valence electrons. The number of carbonyl (C=O) groups excluding carboxylic acids is 1. The van der Waals surface area contributed by atoms with Crippen molar-refractivity contribution in [2.45, 2.75) is 49.4 Å². The van der Waals surface area contributed by atoms with Gasteiger partial charge in [0.05, 0.1) is 10.6 Å². The van der Waals surface area contributed by atoms with Crippen LogP contribution in [0.15, 0.2) is 59.6 Å². The molecule has 0 bridgehead atoms. The second-order valence-corrected chi connectivity index (χ2v) is 9.88. The van der Waals surface area contributed by atoms with E-state index in [0.29, 0.717) is 10.9 Å². The number of hydrogen-bond donors (Lipinski definition) is 0. The standard InChI is InChI=1S/C23H25FN2O3S/c1-17-8-6-7-13-26(17)23(27)15-25-14-22(19-10-3-5-12-21(19)25)30(28,29)16-18-9-2-4-11-20(18)24/h2-5,9-12,14,17H,6-8,13,15-16H2,1H3. The molecule has 0 radical (unpaired) electrons. The minimum absolute atomic E-state index is 0.0130. The van der Waals surface area contributed by atoms with Crippen LogP contribution in [0.5, 0.6) is 0 Å². The highest BCUT2D eigenvalue weighted by Crippen LogP contribution is 2.29. The average molecular weight is 429 g/mol. The molecule has 7 heteroatoms. The Labute approximate surface area is 176 Å². The van der Waals surface area contributed by atoms with Gasteiger partial charge in [-0.2, -0.15) is 0 Å². The van der Waals surface area contributed by atoms with Crippen molar-refractivity contribution in [2.75, 3.05) is 6.54 Å². The van der Waals surface area contributed by atoms with E-state index < -0.39 is 21.4 Å². The number of carbonyl (C=O) groups is 1. The van der Waals surface area contributed by atoms with E-state index in [1.165, 1.54) is 24.4 Å². The third-order valence-corrected chi connectivity index (χ3v) is 7.51. The third-order valence-electron chi connectivity index (χ3n) is 5.82. The maximum Gasteiger partial charge on any atom is 0.242 e. The highest BCUT2D eigenvalue weighted by atomic mass is 32.2. The van der Waals surface area contributed by atoms with E-state index in [4.69, 9.17) is 0 Å². The minimum Gasteiger partial charge on any atom is -0.338 e. The molecule has 2 aromatic carbocycles. The summed E-state index contributed by atoms with van der Waals surface area (Å²) in [6.45, 7) is 2.87. The number of para-hydroxylation sites is 1. The van der Waals surface area contributed by atoms with Crippen molar-refractivity contribution in [1.29, 1.82) is 0 Å². The van der Waals surface area contributed by atoms with Gasteiger partial charge in [-0.15, -0.1) is 0 Å². The summed E-state index contributed by atoms with van der Waals surface area (Å²) in [7, 11) is -3.80. The van der Waals surface area contributed by atoms with E-state index in [1.807, 2.05) is 17.0 Å². The number of amides is 1. The molecule has 1 aliphatic rings. The number of rotatable bonds is 5. The Hall–Kier alpha value is -2.67. The van der Waals surface area contributed by atoms with Crippen LogP contribution in [0.3, 0.4) is 0 Å². The first-order valence-corrected chi connectivity index (χ1v) is 11.9. The van der Waals surface area contributed by atoms with Gasteiger partial charge in [0.25, 0.3) is 0 Å². The van der Waals surface area contributed by atoms with Crippen LogP contribution in [0.25, 0.3) is 10.9 Å². The molecule has 0 saturated carbocycles. The van der Waals surface area contributed by atoms with Gasteiger partial charge in [-0.1, -0.05) is 36.4 Å². The van der Waals surface area contributed by atoms with E-state index in [0.717, 1.165) is 25.8 Å². The van der Waals surface area contributed by atoms with Crippen LogP contribution in [0, 0.1) is 5.82 Å². The predicted octanol–water partition coefficient (Wildman–Crippen LogP) is 4.16. The number of likely N-dealkylation sites (tertiary alicyclic amines) is 1. The summed E-state index contributed by atoms with van der Waals surface area (Å²) in [6, 6.07) is 13.2. The van der Waals surface area contributed by atoms with Gasteiger partial charge >= 0.3 is 0 Å². The molecule has 0 N–H and O–H groups in total. The fourth-order valence-electron chi connectivity index (χ4n) is 4.19. The molecule has 1 atom stereocenters. The molecular formula is C23H25FN2O3S. The highest BCUT2D eigenvalue weighted by molar-refractivity contribution is 7.90. The summed E-state index contributed by atoms with van der Waals surface area (Å²) in [6.07, 6.45) is 4.62. The van der Waals surface area contributed by atoms with Crippen molar-refractivity contribution in [3.05, 3.63) is 66.1 Å². The first-order valence-electron chi connectivity index (χ1n) is 10.2. The molecule has 1 fully saturated rings. The molecule has 3 aromatic rings. The number of aromatic nitrogens is 1. The fourth-order valence-corrected chi connectivity index (χ4v) is 5.79. The fraction of sp³-hybridized carbons (Fsp3) is 0.348. The Kier molecular flexibility index (Phi) is 5.64. The molecule has 1 unspecified atom stereocenters. The van der Waals surface area contributed by atoms with Gasteiger partial charge in [0.15, 0.2) is 9.84 Å². The highest BCUT2D eigenvalue weighted by Gasteiger charge is 2.26. The van der Waals surface area contributed by atoms with Gasteiger partial charge in [0, 0.05) is 35.2 Å². The number of piperidine rings is 1. The lowest BCUT2D eigenvalue weighted by molar-refractivity contribution is -0.135. The molecule has 1 saturated heterocycles. The lowest BCUT2D eigenvalue weighted by Gasteiger charge is -2.33. The number of nitrogens with zero attached hydrogens (tertiary/aromatic N) is 2. The Morgan fingerprint density at radius 2 is 1.83 bits per heavy atom. The lowest BCUT2D eigenvalue weighted by atomic mass is 10.0. The van der Waals surface area contributed by atoms with Crippen molar-refractivity contribution in [3.8, 4) is 0 Å². The van der Waals surface area contributed by atoms with Crippen LogP contribution in [0.4, 0.5) is 4.39 Å². The minimum atomic E-state index is -3.80. The zero-order chi connectivity index (χ0) is 21.3. The van der Waals surface area contributed by atoms with Crippen molar-refractivity contribution in [3.63, 3.8) is 0 Å².